The van der Waals surface area contributed by atoms with Crippen molar-refractivity contribution in [3.05, 3.63) is 46.3 Å². The van der Waals surface area contributed by atoms with Gasteiger partial charge in [-0.05, 0) is 38.8 Å². The Kier molecular flexibility index (Phi) is 7.17. The Bertz CT molecular complexity index is 1320. The van der Waals surface area contributed by atoms with Gasteiger partial charge in [-0.3, -0.25) is 14.4 Å². The molecule has 40 heavy (non-hydrogen) atoms. The minimum atomic E-state index is -1.16. The Labute approximate surface area is 238 Å². The van der Waals surface area contributed by atoms with Crippen molar-refractivity contribution in [2.45, 2.75) is 78.5 Å². The third kappa shape index (κ3) is 4.65. The molecule has 0 bridgehead atoms. The molecule has 1 unspecified atom stereocenters. The molecule has 1 N–H and O–H groups in total. The van der Waals surface area contributed by atoms with Gasteiger partial charge in [0.25, 0.3) is 0 Å². The number of esters is 2. The summed E-state index contributed by atoms with van der Waals surface area (Å²) < 4.78 is 9.19. The van der Waals surface area contributed by atoms with Crippen LogP contribution < -0.4 is 5.32 Å². The van der Waals surface area contributed by atoms with E-state index in [4.69, 9.17) is 15.0 Å². The number of carbonyl (C=O) groups excluding carboxylic acids is 5. The lowest BCUT2D eigenvalue weighted by Gasteiger charge is -2.44. The summed E-state index contributed by atoms with van der Waals surface area (Å²) in [6.45, 7) is 6.62. The average Bonchev–Trinajstić information content (AvgIpc) is 3.29. The minimum absolute atomic E-state index is 0.0589. The van der Waals surface area contributed by atoms with E-state index in [0.717, 1.165) is 0 Å². The number of rotatable bonds is 8. The van der Waals surface area contributed by atoms with Crippen LogP contribution in [0.15, 0.2) is 35.4 Å². The molecule has 0 aliphatic carbocycles. The molecule has 4 aliphatic rings. The first-order valence-corrected chi connectivity index (χ1v) is 14.3. The van der Waals surface area contributed by atoms with Crippen LogP contribution in [-0.4, -0.2) is 84.6 Å². The lowest BCUT2D eigenvalue weighted by atomic mass is 9.95. The highest BCUT2D eigenvalue weighted by Gasteiger charge is 2.65. The van der Waals surface area contributed by atoms with Gasteiger partial charge in [0.15, 0.2) is 0 Å². The molecule has 0 radical (unpaired) electrons. The van der Waals surface area contributed by atoms with Gasteiger partial charge < -0.3 is 24.6 Å². The lowest BCUT2D eigenvalue weighted by Crippen LogP contribution is -2.71. The molecule has 3 amide bonds. The number of nitrogens with zero attached hydrogens (tertiary/aromatic N) is 5. The van der Waals surface area contributed by atoms with E-state index in [0.29, 0.717) is 12.0 Å². The van der Waals surface area contributed by atoms with E-state index in [1.807, 2.05) is 13.8 Å². The Morgan fingerprint density at radius 1 is 1.05 bits per heavy atom. The Balaban J connectivity index is 1.19. The second kappa shape index (κ2) is 10.2. The molecule has 4 heterocycles. The molecule has 4 fully saturated rings. The van der Waals surface area contributed by atoms with Crippen molar-refractivity contribution in [1.82, 2.24) is 15.1 Å². The van der Waals surface area contributed by atoms with Crippen molar-refractivity contribution in [2.75, 3.05) is 6.79 Å². The van der Waals surface area contributed by atoms with Crippen LogP contribution in [-0.2, 0) is 33.4 Å². The average molecular weight is 589 g/mol. The molecule has 4 saturated heterocycles. The Morgan fingerprint density at radius 2 is 1.65 bits per heavy atom. The maximum atomic E-state index is 13.1. The lowest BCUT2D eigenvalue weighted by molar-refractivity contribution is -0.181. The highest BCUT2D eigenvalue weighted by Crippen LogP contribution is 2.52. The van der Waals surface area contributed by atoms with E-state index in [1.54, 1.807) is 44.2 Å². The number of fused-ring (bicyclic) bond motifs is 2. The van der Waals surface area contributed by atoms with Gasteiger partial charge in [-0.25, -0.2) is 9.59 Å². The van der Waals surface area contributed by atoms with Crippen LogP contribution in [0.5, 0.6) is 0 Å². The molecular weight excluding hydrogens is 560 g/mol. The fourth-order valence-corrected chi connectivity index (χ4v) is 8.82. The predicted octanol–water partition coefficient (Wildman–Crippen LogP) is 2.08. The van der Waals surface area contributed by atoms with Gasteiger partial charge in [0.2, 0.25) is 24.5 Å². The van der Waals surface area contributed by atoms with Crippen molar-refractivity contribution >= 4 is 53.2 Å². The quantitative estimate of drug-likeness (QED) is 0.119. The molecule has 0 aromatic heterocycles. The SMILES string of the molecule is CC1(C)S[C@@H]2[C@H](NC(=O)C(N=[N+]=[N-])c3ccccc3)C(=O)N2[C@H]1C(=O)OCOC(=O)[C@@H]1N2C(=O)C[C@H]2SC1(C)C. The summed E-state index contributed by atoms with van der Waals surface area (Å²) in [4.78, 5) is 69.6. The van der Waals surface area contributed by atoms with E-state index in [9.17, 15) is 24.0 Å². The molecule has 4 aliphatic heterocycles. The number of hydrogen-bond donors (Lipinski definition) is 1. The monoisotopic (exact) mass is 588 g/mol. The van der Waals surface area contributed by atoms with Gasteiger partial charge >= 0.3 is 11.9 Å². The molecule has 13 nitrogen and oxygen atoms in total. The summed E-state index contributed by atoms with van der Waals surface area (Å²) in [6, 6.07) is 4.62. The summed E-state index contributed by atoms with van der Waals surface area (Å²) in [5.74, 6) is -2.63. The van der Waals surface area contributed by atoms with Crippen LogP contribution in [0.4, 0.5) is 0 Å². The topological polar surface area (TPSA) is 171 Å². The highest BCUT2D eigenvalue weighted by molar-refractivity contribution is 8.02. The summed E-state index contributed by atoms with van der Waals surface area (Å²) in [5.41, 5.74) is 9.43. The number of benzene rings is 1. The number of β-lactam (4-membered cyclic amide) rings is 2. The van der Waals surface area contributed by atoms with Crippen molar-refractivity contribution in [3.63, 3.8) is 0 Å². The van der Waals surface area contributed by atoms with Gasteiger partial charge in [0, 0.05) is 14.4 Å². The zero-order chi connectivity index (χ0) is 29.0. The summed E-state index contributed by atoms with van der Waals surface area (Å²) >= 11 is 2.86. The zero-order valence-electron chi connectivity index (χ0n) is 22.2. The third-order valence-corrected chi connectivity index (χ3v) is 10.5. The second-order valence-corrected chi connectivity index (χ2v) is 14.5. The van der Waals surface area contributed by atoms with Gasteiger partial charge in [-0.2, -0.15) is 0 Å². The number of thioether (sulfide) groups is 2. The fourth-order valence-electron chi connectivity index (χ4n) is 5.58. The van der Waals surface area contributed by atoms with Crippen molar-refractivity contribution in [3.8, 4) is 0 Å². The Morgan fingerprint density at radius 3 is 2.25 bits per heavy atom. The van der Waals surface area contributed by atoms with Crippen molar-refractivity contribution < 1.29 is 33.4 Å². The fraction of sp³-hybridized carbons (Fsp3) is 0.560. The number of amides is 3. The van der Waals surface area contributed by atoms with Gasteiger partial charge in [-0.1, -0.05) is 35.4 Å². The first kappa shape index (κ1) is 28.1. The van der Waals surface area contributed by atoms with Crippen molar-refractivity contribution in [2.24, 2.45) is 5.11 Å². The van der Waals surface area contributed by atoms with Crippen LogP contribution in [0, 0.1) is 0 Å². The van der Waals surface area contributed by atoms with Gasteiger partial charge in [-0.15, -0.1) is 23.5 Å². The molecule has 6 atom stereocenters. The smallest absolute Gasteiger partial charge is 0.333 e. The normalized spacial score (nSPS) is 29.6. The number of hydrogen-bond acceptors (Lipinski definition) is 10. The third-order valence-electron chi connectivity index (χ3n) is 7.44. The Hall–Kier alpha value is -3.42. The molecular formula is C25H28N6O7S2. The van der Waals surface area contributed by atoms with Gasteiger partial charge in [0.1, 0.15) is 29.5 Å². The largest absolute Gasteiger partial charge is 0.426 e. The molecule has 15 heteroatoms. The molecule has 212 valence electrons. The first-order chi connectivity index (χ1) is 18.9. The number of azide groups is 1. The molecule has 0 saturated carbocycles. The van der Waals surface area contributed by atoms with Crippen molar-refractivity contribution in [1.29, 1.82) is 0 Å². The van der Waals surface area contributed by atoms with E-state index in [-0.39, 0.29) is 11.3 Å². The molecule has 1 aromatic carbocycles. The summed E-state index contributed by atoms with van der Waals surface area (Å²) in [5, 5.41) is 5.65. The molecule has 1 aromatic rings. The van der Waals surface area contributed by atoms with E-state index in [2.05, 4.69) is 15.3 Å². The number of carbonyl (C=O) groups is 5. The second-order valence-electron chi connectivity index (χ2n) is 10.9. The zero-order valence-corrected chi connectivity index (χ0v) is 23.8. The van der Waals surface area contributed by atoms with Crippen LogP contribution in [0.2, 0.25) is 0 Å². The minimum Gasteiger partial charge on any atom is -0.426 e. The van der Waals surface area contributed by atoms with Gasteiger partial charge in [0.05, 0.1) is 11.8 Å². The number of ether oxygens (including phenoxy) is 2. The number of nitrogens with one attached hydrogen (secondary N) is 1. The summed E-state index contributed by atoms with van der Waals surface area (Å²) in [7, 11) is 0. The van der Waals surface area contributed by atoms with E-state index >= 15 is 0 Å². The van der Waals surface area contributed by atoms with E-state index < -0.39 is 69.6 Å². The van der Waals surface area contributed by atoms with Crippen LogP contribution >= 0.6 is 23.5 Å². The molecule has 0 spiro atoms. The van der Waals surface area contributed by atoms with Crippen LogP contribution in [0.25, 0.3) is 10.4 Å². The standard InChI is InChI=1S/C25H28N6O7S2/c1-24(2)17(30-13(32)10-14(30)39-24)22(35)37-11-38-23(36)18-25(3,4)40-21-16(20(34)31(18)21)27-19(33)15(28-29-26)12-8-6-5-7-9-12/h5-9,14-18,21H,10-11H2,1-4H3,(H,27,33)/t14-,15?,16-,17+,18+,21-/m1/s1. The van der Waals surface area contributed by atoms with E-state index in [1.165, 1.54) is 33.3 Å². The summed E-state index contributed by atoms with van der Waals surface area (Å²) in [6.07, 6.45) is 0.381. The predicted molar refractivity (Wildman–Crippen MR) is 144 cm³/mol. The molecule has 5 rings (SSSR count). The maximum Gasteiger partial charge on any atom is 0.333 e. The highest BCUT2D eigenvalue weighted by atomic mass is 32.2. The first-order valence-electron chi connectivity index (χ1n) is 12.6. The van der Waals surface area contributed by atoms with Crippen LogP contribution in [0.1, 0.15) is 45.7 Å². The maximum absolute atomic E-state index is 13.1. The van der Waals surface area contributed by atoms with Crippen LogP contribution in [0.3, 0.4) is 0 Å².